The zero-order valence-corrected chi connectivity index (χ0v) is 20.1. The third-order valence-corrected chi connectivity index (χ3v) is 8.19. The van der Waals surface area contributed by atoms with Crippen molar-refractivity contribution in [2.45, 2.75) is 50.2 Å². The third kappa shape index (κ3) is 4.45. The Kier molecular flexibility index (Phi) is 5.70. The van der Waals surface area contributed by atoms with Gasteiger partial charge in [0.2, 0.25) is 0 Å². The average molecular weight is 500 g/mol. The van der Waals surface area contributed by atoms with Crippen LogP contribution in [0, 0.1) is 0 Å². The molecule has 0 N–H and O–H groups in total. The Labute approximate surface area is 201 Å². The molecule has 5 nitrogen and oxygen atoms in total. The predicted molar refractivity (Wildman–Crippen MR) is 128 cm³/mol. The van der Waals surface area contributed by atoms with Gasteiger partial charge in [-0.15, -0.1) is 0 Å². The fourth-order valence-electron chi connectivity index (χ4n) is 4.27. The second-order valence-corrected chi connectivity index (χ2v) is 11.0. The van der Waals surface area contributed by atoms with Crippen molar-refractivity contribution in [2.24, 2.45) is 0 Å². The van der Waals surface area contributed by atoms with Gasteiger partial charge in [-0.2, -0.15) is 13.2 Å². The minimum atomic E-state index is -4.52. The summed E-state index contributed by atoms with van der Waals surface area (Å²) < 4.78 is 67.6. The zero-order chi connectivity index (χ0) is 25.0. The lowest BCUT2D eigenvalue weighted by atomic mass is 10.0. The smallest absolute Gasteiger partial charge is 0.346 e. The largest absolute Gasteiger partial charge is 0.417 e. The number of hydrogen-bond donors (Lipinski definition) is 0. The van der Waals surface area contributed by atoms with Crippen LogP contribution in [0.5, 0.6) is 0 Å². The molecule has 1 saturated carbocycles. The first-order valence-corrected chi connectivity index (χ1v) is 13.2. The van der Waals surface area contributed by atoms with Gasteiger partial charge in [0.15, 0.2) is 9.84 Å². The van der Waals surface area contributed by atoms with Gasteiger partial charge >= 0.3 is 6.18 Å². The van der Waals surface area contributed by atoms with Crippen molar-refractivity contribution in [3.05, 3.63) is 66.0 Å². The summed E-state index contributed by atoms with van der Waals surface area (Å²) in [5, 5.41) is 0. The van der Waals surface area contributed by atoms with Crippen molar-refractivity contribution in [1.29, 1.82) is 0 Å². The summed E-state index contributed by atoms with van der Waals surface area (Å²) in [4.78, 5) is 8.84. The Bertz CT molecular complexity index is 1470. The van der Waals surface area contributed by atoms with E-state index in [1.165, 1.54) is 23.0 Å². The van der Waals surface area contributed by atoms with Crippen LogP contribution in [0.4, 0.5) is 13.2 Å². The lowest BCUT2D eigenvalue weighted by Gasteiger charge is -2.14. The molecule has 0 atom stereocenters. The van der Waals surface area contributed by atoms with Crippen molar-refractivity contribution in [3.63, 3.8) is 0 Å². The Morgan fingerprint density at radius 3 is 2.31 bits per heavy atom. The second kappa shape index (κ2) is 8.48. The topological polar surface area (TPSA) is 64.8 Å². The standard InChI is InChI=1S/C26H24F3N3O2S/c1-3-32-15-20(26(27,28)29)12-21-23(32)13-22(31-21)25-24(35(33,34)4-2)11-19(14-30-25)18-9-7-17(8-10-18)16-5-6-16/h7-16H,3-6H2,1-2H3. The number of fused-ring (bicyclic) bond motifs is 1. The van der Waals surface area contributed by atoms with Crippen LogP contribution in [0.3, 0.4) is 0 Å². The fourth-order valence-corrected chi connectivity index (χ4v) is 5.34. The molecule has 0 spiro atoms. The highest BCUT2D eigenvalue weighted by Crippen LogP contribution is 2.41. The van der Waals surface area contributed by atoms with Gasteiger partial charge in [-0.25, -0.2) is 13.4 Å². The maximum atomic E-state index is 13.4. The first kappa shape index (κ1) is 23.5. The normalized spacial score (nSPS) is 14.5. The summed E-state index contributed by atoms with van der Waals surface area (Å²) >= 11 is 0. The number of nitrogens with zero attached hydrogens (tertiary/aromatic N) is 3. The summed E-state index contributed by atoms with van der Waals surface area (Å²) in [5.41, 5.74) is 2.95. The van der Waals surface area contributed by atoms with Gasteiger partial charge in [0.1, 0.15) is 5.69 Å². The van der Waals surface area contributed by atoms with E-state index in [9.17, 15) is 21.6 Å². The minimum Gasteiger partial charge on any atom is -0.346 e. The molecule has 1 aromatic heterocycles. The molecule has 0 unspecified atom stereocenters. The number of pyridine rings is 2. The maximum absolute atomic E-state index is 13.4. The van der Waals surface area contributed by atoms with E-state index in [-0.39, 0.29) is 27.7 Å². The van der Waals surface area contributed by atoms with E-state index in [1.54, 1.807) is 32.2 Å². The maximum Gasteiger partial charge on any atom is 0.417 e. The molecule has 2 aromatic rings. The van der Waals surface area contributed by atoms with Gasteiger partial charge in [-0.1, -0.05) is 31.2 Å². The summed E-state index contributed by atoms with van der Waals surface area (Å²) in [6.45, 7) is 3.58. The van der Waals surface area contributed by atoms with Gasteiger partial charge in [0, 0.05) is 24.5 Å². The molecule has 182 valence electrons. The van der Waals surface area contributed by atoms with E-state index in [1.807, 2.05) is 12.1 Å². The van der Waals surface area contributed by atoms with Crippen LogP contribution in [0.15, 0.2) is 59.8 Å². The highest BCUT2D eigenvalue weighted by Gasteiger charge is 2.33. The predicted octanol–water partition coefficient (Wildman–Crippen LogP) is 6.43. The lowest BCUT2D eigenvalue weighted by molar-refractivity contribution is -0.138. The van der Waals surface area contributed by atoms with E-state index < -0.39 is 21.6 Å². The fraction of sp³-hybridized carbons (Fsp3) is 0.308. The number of aromatic nitrogens is 3. The van der Waals surface area contributed by atoms with E-state index in [2.05, 4.69) is 22.1 Å². The number of hydrogen-bond acceptors (Lipinski definition) is 4. The number of rotatable bonds is 6. The van der Waals surface area contributed by atoms with Crippen molar-refractivity contribution >= 4 is 9.84 Å². The summed E-state index contributed by atoms with van der Waals surface area (Å²) in [5.74, 6) is 0.473. The molecule has 35 heavy (non-hydrogen) atoms. The number of benzene rings is 1. The molecule has 3 aliphatic rings. The lowest BCUT2D eigenvalue weighted by Crippen LogP contribution is -2.10. The van der Waals surface area contributed by atoms with E-state index in [0.29, 0.717) is 23.7 Å². The molecule has 0 radical (unpaired) electrons. The Morgan fingerprint density at radius 1 is 1.00 bits per heavy atom. The van der Waals surface area contributed by atoms with Gasteiger partial charge in [-0.3, -0.25) is 4.98 Å². The molecule has 1 aliphatic carbocycles. The number of aryl methyl sites for hydroxylation is 1. The number of alkyl halides is 3. The molecule has 0 saturated heterocycles. The highest BCUT2D eigenvalue weighted by atomic mass is 32.2. The molecule has 1 fully saturated rings. The molecule has 0 bridgehead atoms. The third-order valence-electron chi connectivity index (χ3n) is 6.44. The van der Waals surface area contributed by atoms with E-state index in [4.69, 9.17) is 0 Å². The summed E-state index contributed by atoms with van der Waals surface area (Å²) in [6.07, 6.45) is 0.496. The molecule has 3 heterocycles. The highest BCUT2D eigenvalue weighted by molar-refractivity contribution is 7.91. The minimum absolute atomic E-state index is 0.0191. The quantitative estimate of drug-likeness (QED) is 0.307. The zero-order valence-electron chi connectivity index (χ0n) is 19.3. The van der Waals surface area contributed by atoms with Crippen LogP contribution >= 0.6 is 0 Å². The van der Waals surface area contributed by atoms with Crippen molar-refractivity contribution < 1.29 is 21.6 Å². The van der Waals surface area contributed by atoms with Crippen LogP contribution in [-0.2, 0) is 22.6 Å². The van der Waals surface area contributed by atoms with Crippen LogP contribution in [-0.4, -0.2) is 28.7 Å². The SMILES string of the molecule is CCn1cc(C(F)(F)F)cc2nc(-c3ncc(-c4ccc(C5CC5)cc4)cc3S(=O)(=O)CC)cc1-2. The van der Waals surface area contributed by atoms with E-state index in [0.717, 1.165) is 17.8 Å². The molecule has 9 heteroatoms. The second-order valence-electron chi connectivity index (χ2n) is 8.79. The number of sulfone groups is 1. The summed E-state index contributed by atoms with van der Waals surface area (Å²) in [6, 6.07) is 12.2. The molecule has 0 amide bonds. The van der Waals surface area contributed by atoms with Crippen molar-refractivity contribution in [3.8, 4) is 33.9 Å². The van der Waals surface area contributed by atoms with Crippen molar-refractivity contribution in [2.75, 3.05) is 5.75 Å². The first-order valence-electron chi connectivity index (χ1n) is 11.5. The monoisotopic (exact) mass is 499 g/mol. The van der Waals surface area contributed by atoms with Crippen molar-refractivity contribution in [1.82, 2.24) is 14.5 Å². The Balaban J connectivity index is 1.64. The van der Waals surface area contributed by atoms with Crippen LogP contribution < -0.4 is 0 Å². The Hall–Kier alpha value is -3.20. The van der Waals surface area contributed by atoms with Gasteiger partial charge < -0.3 is 4.57 Å². The van der Waals surface area contributed by atoms with Gasteiger partial charge in [-0.05, 0) is 55.0 Å². The van der Waals surface area contributed by atoms with E-state index >= 15 is 0 Å². The first-order chi connectivity index (χ1) is 16.6. The van der Waals surface area contributed by atoms with Crippen LogP contribution in [0.2, 0.25) is 0 Å². The average Bonchev–Trinajstić information content (AvgIpc) is 3.60. The molecule has 1 aromatic carbocycles. The van der Waals surface area contributed by atoms with Crippen LogP contribution in [0.25, 0.3) is 33.9 Å². The molecule has 5 rings (SSSR count). The number of halogens is 3. The van der Waals surface area contributed by atoms with Gasteiger partial charge in [0.25, 0.3) is 0 Å². The van der Waals surface area contributed by atoms with Gasteiger partial charge in [0.05, 0.1) is 33.3 Å². The summed E-state index contributed by atoms with van der Waals surface area (Å²) in [7, 11) is -3.69. The molecular weight excluding hydrogens is 475 g/mol. The molecule has 2 aliphatic heterocycles. The molecular formula is C26H24F3N3O2S. The van der Waals surface area contributed by atoms with Crippen LogP contribution in [0.1, 0.15) is 43.7 Å². The Morgan fingerprint density at radius 2 is 1.71 bits per heavy atom.